The summed E-state index contributed by atoms with van der Waals surface area (Å²) in [4.78, 5) is 24.4. The van der Waals surface area contributed by atoms with Crippen molar-refractivity contribution in [2.75, 3.05) is 18.5 Å². The van der Waals surface area contributed by atoms with E-state index in [9.17, 15) is 9.59 Å². The van der Waals surface area contributed by atoms with Gasteiger partial charge in [0.25, 0.3) is 0 Å². The third-order valence-electron chi connectivity index (χ3n) is 3.39. The van der Waals surface area contributed by atoms with Crippen molar-refractivity contribution in [1.29, 1.82) is 0 Å². The maximum Gasteiger partial charge on any atom is 0.335 e. The highest BCUT2D eigenvalue weighted by Crippen LogP contribution is 2.17. The monoisotopic (exact) mass is 278 g/mol. The van der Waals surface area contributed by atoms with Crippen LogP contribution in [0.25, 0.3) is 0 Å². The lowest BCUT2D eigenvalue weighted by Gasteiger charge is -2.18. The van der Waals surface area contributed by atoms with Crippen LogP contribution in [0.1, 0.15) is 36.5 Å². The second kappa shape index (κ2) is 7.65. The summed E-state index contributed by atoms with van der Waals surface area (Å²) in [6, 6.07) is 6.28. The van der Waals surface area contributed by atoms with Crippen molar-refractivity contribution >= 4 is 17.6 Å². The maximum atomic E-state index is 12.0. The summed E-state index contributed by atoms with van der Waals surface area (Å²) in [6.07, 6.45) is 2.20. The number of hydrogen-bond acceptors (Lipinski definition) is 3. The number of anilines is 1. The Morgan fingerprint density at radius 2 is 1.85 bits per heavy atom. The minimum absolute atomic E-state index is 0.0250. The van der Waals surface area contributed by atoms with Gasteiger partial charge in [-0.05, 0) is 49.6 Å². The van der Waals surface area contributed by atoms with Gasteiger partial charge in [-0.1, -0.05) is 6.92 Å². The summed E-state index contributed by atoms with van der Waals surface area (Å²) >= 11 is 0. The van der Waals surface area contributed by atoms with E-state index in [1.54, 1.807) is 24.1 Å². The van der Waals surface area contributed by atoms with Crippen LogP contribution in [0.2, 0.25) is 0 Å². The first-order valence-electron chi connectivity index (χ1n) is 6.75. The summed E-state index contributed by atoms with van der Waals surface area (Å²) in [7, 11) is 1.70. The SMILES string of the molecule is CC(CCN)CCC(=O)N(C)c1ccc(C(=O)O)cc1. The van der Waals surface area contributed by atoms with Crippen LogP contribution in [0.15, 0.2) is 24.3 Å². The minimum Gasteiger partial charge on any atom is -0.478 e. The molecule has 0 aliphatic carbocycles. The van der Waals surface area contributed by atoms with Crippen LogP contribution in [-0.4, -0.2) is 30.6 Å². The summed E-state index contributed by atoms with van der Waals surface area (Å²) in [5, 5.41) is 8.83. The van der Waals surface area contributed by atoms with Crippen LogP contribution >= 0.6 is 0 Å². The van der Waals surface area contributed by atoms with Crippen LogP contribution in [0.3, 0.4) is 0 Å². The number of hydrogen-bond donors (Lipinski definition) is 2. The molecule has 1 rings (SSSR count). The van der Waals surface area contributed by atoms with E-state index < -0.39 is 5.97 Å². The van der Waals surface area contributed by atoms with Gasteiger partial charge in [-0.15, -0.1) is 0 Å². The zero-order chi connectivity index (χ0) is 15.1. The van der Waals surface area contributed by atoms with E-state index in [1.165, 1.54) is 12.1 Å². The molecular formula is C15H22N2O3. The molecule has 20 heavy (non-hydrogen) atoms. The molecule has 0 heterocycles. The smallest absolute Gasteiger partial charge is 0.335 e. The van der Waals surface area contributed by atoms with Crippen LogP contribution in [-0.2, 0) is 4.79 Å². The van der Waals surface area contributed by atoms with E-state index in [4.69, 9.17) is 10.8 Å². The summed E-state index contributed by atoms with van der Waals surface area (Å²) in [5.74, 6) is -0.509. The predicted molar refractivity (Wildman–Crippen MR) is 78.9 cm³/mol. The van der Waals surface area contributed by atoms with E-state index in [2.05, 4.69) is 6.92 Å². The Morgan fingerprint density at radius 1 is 1.25 bits per heavy atom. The number of amides is 1. The van der Waals surface area contributed by atoms with E-state index in [0.29, 0.717) is 24.6 Å². The Hall–Kier alpha value is -1.88. The Bertz CT molecular complexity index is 457. The van der Waals surface area contributed by atoms with Gasteiger partial charge in [0.2, 0.25) is 5.91 Å². The highest BCUT2D eigenvalue weighted by molar-refractivity contribution is 5.94. The number of carbonyl (C=O) groups is 2. The molecule has 1 aromatic rings. The number of aromatic carboxylic acids is 1. The topological polar surface area (TPSA) is 83.6 Å². The molecule has 0 saturated heterocycles. The number of carboxylic acids is 1. The van der Waals surface area contributed by atoms with Gasteiger partial charge in [-0.25, -0.2) is 4.79 Å². The lowest BCUT2D eigenvalue weighted by molar-refractivity contribution is -0.118. The standard InChI is InChI=1S/C15H22N2O3/c1-11(9-10-16)3-8-14(18)17(2)13-6-4-12(5-7-13)15(19)20/h4-7,11H,3,8-10,16H2,1-2H3,(H,19,20). The summed E-state index contributed by atoms with van der Waals surface area (Å²) in [5.41, 5.74) is 6.40. The number of benzene rings is 1. The highest BCUT2D eigenvalue weighted by atomic mass is 16.4. The van der Waals surface area contributed by atoms with Crippen LogP contribution in [0.5, 0.6) is 0 Å². The molecule has 0 aromatic heterocycles. The van der Waals surface area contributed by atoms with E-state index in [-0.39, 0.29) is 11.5 Å². The van der Waals surface area contributed by atoms with Crippen molar-refractivity contribution < 1.29 is 14.7 Å². The Kier molecular flexibility index (Phi) is 6.18. The molecule has 0 bridgehead atoms. The fraction of sp³-hybridized carbons (Fsp3) is 0.467. The fourth-order valence-corrected chi connectivity index (χ4v) is 1.94. The molecule has 110 valence electrons. The van der Waals surface area contributed by atoms with Gasteiger partial charge >= 0.3 is 5.97 Å². The van der Waals surface area contributed by atoms with Gasteiger partial charge in [0.15, 0.2) is 0 Å². The number of carboxylic acid groups (broad SMARTS) is 1. The van der Waals surface area contributed by atoms with E-state index in [0.717, 1.165) is 12.8 Å². The second-order valence-corrected chi connectivity index (χ2v) is 5.03. The first-order chi connectivity index (χ1) is 9.45. The molecule has 3 N–H and O–H groups in total. The van der Waals surface area contributed by atoms with Crippen molar-refractivity contribution in [1.82, 2.24) is 0 Å². The molecule has 1 aromatic carbocycles. The van der Waals surface area contributed by atoms with Crippen molar-refractivity contribution in [2.24, 2.45) is 11.7 Å². The van der Waals surface area contributed by atoms with Gasteiger partial charge in [-0.3, -0.25) is 4.79 Å². The lowest BCUT2D eigenvalue weighted by Crippen LogP contribution is -2.26. The van der Waals surface area contributed by atoms with Crippen molar-refractivity contribution in [2.45, 2.75) is 26.2 Å². The molecule has 1 unspecified atom stereocenters. The third kappa shape index (κ3) is 4.66. The van der Waals surface area contributed by atoms with Gasteiger partial charge in [0, 0.05) is 19.2 Å². The largest absolute Gasteiger partial charge is 0.478 e. The predicted octanol–water partition coefficient (Wildman–Crippen LogP) is 2.11. The molecule has 0 aliphatic rings. The Labute approximate surface area is 119 Å². The first kappa shape index (κ1) is 16.2. The molecule has 0 spiro atoms. The van der Waals surface area contributed by atoms with Gasteiger partial charge in [0.05, 0.1) is 5.56 Å². The third-order valence-corrected chi connectivity index (χ3v) is 3.39. The quantitative estimate of drug-likeness (QED) is 0.800. The normalized spacial score (nSPS) is 11.9. The zero-order valence-electron chi connectivity index (χ0n) is 12.0. The average Bonchev–Trinajstić information content (AvgIpc) is 2.44. The molecule has 0 radical (unpaired) electrons. The lowest BCUT2D eigenvalue weighted by atomic mass is 10.0. The van der Waals surface area contributed by atoms with E-state index >= 15 is 0 Å². The Balaban J connectivity index is 2.58. The molecule has 0 fully saturated rings. The molecule has 0 aliphatic heterocycles. The first-order valence-corrected chi connectivity index (χ1v) is 6.75. The molecule has 5 nitrogen and oxygen atoms in total. The van der Waals surface area contributed by atoms with Crippen LogP contribution in [0, 0.1) is 5.92 Å². The van der Waals surface area contributed by atoms with Gasteiger partial charge in [-0.2, -0.15) is 0 Å². The second-order valence-electron chi connectivity index (χ2n) is 5.03. The number of nitrogens with two attached hydrogens (primary N) is 1. The number of carbonyl (C=O) groups excluding carboxylic acids is 1. The average molecular weight is 278 g/mol. The molecular weight excluding hydrogens is 256 g/mol. The van der Waals surface area contributed by atoms with Crippen molar-refractivity contribution in [3.8, 4) is 0 Å². The minimum atomic E-state index is -0.971. The number of nitrogens with zero attached hydrogens (tertiary/aromatic N) is 1. The van der Waals surface area contributed by atoms with Gasteiger partial charge in [0.1, 0.15) is 0 Å². The van der Waals surface area contributed by atoms with Crippen LogP contribution < -0.4 is 10.6 Å². The molecule has 0 saturated carbocycles. The Morgan fingerprint density at radius 3 is 2.35 bits per heavy atom. The maximum absolute atomic E-state index is 12.0. The zero-order valence-corrected chi connectivity index (χ0v) is 12.0. The molecule has 5 heteroatoms. The van der Waals surface area contributed by atoms with E-state index in [1.807, 2.05) is 0 Å². The van der Waals surface area contributed by atoms with Crippen LogP contribution in [0.4, 0.5) is 5.69 Å². The van der Waals surface area contributed by atoms with Crippen molar-refractivity contribution in [3.05, 3.63) is 29.8 Å². The molecule has 1 amide bonds. The van der Waals surface area contributed by atoms with Gasteiger partial charge < -0.3 is 15.7 Å². The molecule has 1 atom stereocenters. The summed E-state index contributed by atoms with van der Waals surface area (Å²) < 4.78 is 0. The van der Waals surface area contributed by atoms with Crippen molar-refractivity contribution in [3.63, 3.8) is 0 Å². The summed E-state index contributed by atoms with van der Waals surface area (Å²) in [6.45, 7) is 2.73. The highest BCUT2D eigenvalue weighted by Gasteiger charge is 2.13. The fourth-order valence-electron chi connectivity index (χ4n) is 1.94. The number of rotatable bonds is 7.